The maximum absolute atomic E-state index is 6.15. The summed E-state index contributed by atoms with van der Waals surface area (Å²) in [7, 11) is 0. The second-order valence-electron chi connectivity index (χ2n) is 6.38. The minimum absolute atomic E-state index is 0.169. The highest BCUT2D eigenvalue weighted by Gasteiger charge is 2.32. The molecule has 0 N–H and O–H groups in total. The molecule has 1 fully saturated rings. The lowest BCUT2D eigenvalue weighted by atomic mass is 9.96. The Bertz CT molecular complexity index is 258. The number of hydrogen-bond donors (Lipinski definition) is 0. The fraction of sp³-hybridized carbons (Fsp3) is 1.00. The summed E-state index contributed by atoms with van der Waals surface area (Å²) in [5, 5.41) is 9.19. The van der Waals surface area contributed by atoms with E-state index in [2.05, 4.69) is 44.8 Å². The molecule has 1 aliphatic carbocycles. The lowest BCUT2D eigenvalue weighted by Crippen LogP contribution is -2.37. The van der Waals surface area contributed by atoms with Crippen LogP contribution >= 0.6 is 0 Å². The van der Waals surface area contributed by atoms with Gasteiger partial charge in [-0.1, -0.05) is 33.1 Å². The highest BCUT2D eigenvalue weighted by molar-refractivity contribution is 4.79. The van der Waals surface area contributed by atoms with Crippen molar-refractivity contribution < 1.29 is 4.74 Å². The van der Waals surface area contributed by atoms with Gasteiger partial charge in [-0.05, 0) is 46.5 Å². The summed E-state index contributed by atoms with van der Waals surface area (Å²) in [5.74, 6) is 0. The van der Waals surface area contributed by atoms with Crippen LogP contribution in [0.4, 0.5) is 0 Å². The minimum atomic E-state index is -0.421. The summed E-state index contributed by atoms with van der Waals surface area (Å²) in [4.78, 5) is 0. The topological polar surface area (TPSA) is 34.0 Å². The van der Waals surface area contributed by atoms with Crippen LogP contribution in [0.5, 0.6) is 0 Å². The third kappa shape index (κ3) is 5.05. The molecule has 0 saturated heterocycles. The van der Waals surface area contributed by atoms with E-state index in [1.807, 2.05) is 0 Å². The molecule has 1 rings (SSSR count). The van der Waals surface area contributed by atoms with Crippen molar-refractivity contribution in [2.75, 3.05) is 0 Å². The first-order valence-electron chi connectivity index (χ1n) is 7.53. The number of rotatable bonds is 5. The van der Waals surface area contributed by atoms with E-state index in [9.17, 15) is 0 Å². The zero-order valence-corrected chi connectivity index (χ0v) is 12.8. The summed E-state index contributed by atoms with van der Waals surface area (Å²) in [6, 6.07) is 0.430. The molecule has 106 valence electrons. The molecule has 0 heterocycles. The van der Waals surface area contributed by atoms with E-state index in [1.165, 1.54) is 32.1 Å². The SMILES string of the molecule is CCC(CC)(/N=N/C1CCCCC1)OC(C)(C)C. The zero-order valence-electron chi connectivity index (χ0n) is 12.8. The average molecular weight is 254 g/mol. The first-order chi connectivity index (χ1) is 8.41. The third-order valence-corrected chi connectivity index (χ3v) is 3.58. The summed E-state index contributed by atoms with van der Waals surface area (Å²) < 4.78 is 6.15. The quantitative estimate of drug-likeness (QED) is 0.628. The van der Waals surface area contributed by atoms with Crippen molar-refractivity contribution in [1.29, 1.82) is 0 Å². The molecule has 1 saturated carbocycles. The maximum atomic E-state index is 6.15. The van der Waals surface area contributed by atoms with Crippen LogP contribution in [-0.4, -0.2) is 17.4 Å². The number of hydrogen-bond acceptors (Lipinski definition) is 3. The molecule has 0 unspecified atom stereocenters. The molecule has 0 spiro atoms. The number of ether oxygens (including phenoxy) is 1. The van der Waals surface area contributed by atoms with Gasteiger partial charge in [-0.15, -0.1) is 0 Å². The Morgan fingerprint density at radius 3 is 2.00 bits per heavy atom. The summed E-state index contributed by atoms with van der Waals surface area (Å²) in [6.45, 7) is 10.5. The van der Waals surface area contributed by atoms with Gasteiger partial charge < -0.3 is 4.74 Å². The highest BCUT2D eigenvalue weighted by atomic mass is 16.5. The van der Waals surface area contributed by atoms with Gasteiger partial charge in [0, 0.05) is 0 Å². The van der Waals surface area contributed by atoms with Crippen molar-refractivity contribution in [3.8, 4) is 0 Å². The van der Waals surface area contributed by atoms with Crippen LogP contribution < -0.4 is 0 Å². The standard InChI is InChI=1S/C15H30N2O/c1-6-15(7-2,18-14(3,4)5)17-16-13-11-9-8-10-12-13/h13H,6-12H2,1-5H3/b17-16+. The molecule has 0 amide bonds. The van der Waals surface area contributed by atoms with Crippen LogP contribution in [0.15, 0.2) is 10.2 Å². The number of nitrogens with zero attached hydrogens (tertiary/aromatic N) is 2. The smallest absolute Gasteiger partial charge is 0.179 e. The third-order valence-electron chi connectivity index (χ3n) is 3.58. The predicted octanol–water partition coefficient (Wildman–Crippen LogP) is 5.10. The van der Waals surface area contributed by atoms with Crippen LogP contribution in [0.25, 0.3) is 0 Å². The molecular weight excluding hydrogens is 224 g/mol. The normalized spacial score (nSPS) is 19.6. The lowest BCUT2D eigenvalue weighted by Gasteiger charge is -2.34. The first kappa shape index (κ1) is 15.6. The molecule has 0 aliphatic heterocycles. The second-order valence-corrected chi connectivity index (χ2v) is 6.38. The molecule has 0 aromatic rings. The van der Waals surface area contributed by atoms with Crippen molar-refractivity contribution >= 4 is 0 Å². The van der Waals surface area contributed by atoms with Crippen LogP contribution in [0, 0.1) is 0 Å². The van der Waals surface area contributed by atoms with Crippen LogP contribution in [0.1, 0.15) is 79.6 Å². The molecule has 18 heavy (non-hydrogen) atoms. The highest BCUT2D eigenvalue weighted by Crippen LogP contribution is 2.30. The predicted molar refractivity (Wildman–Crippen MR) is 75.9 cm³/mol. The molecule has 3 heteroatoms. The lowest BCUT2D eigenvalue weighted by molar-refractivity contribution is -0.135. The van der Waals surface area contributed by atoms with Gasteiger partial charge in [0.1, 0.15) is 0 Å². The summed E-state index contributed by atoms with van der Waals surface area (Å²) >= 11 is 0. The van der Waals surface area contributed by atoms with Gasteiger partial charge in [-0.2, -0.15) is 10.2 Å². The Kier molecular flexibility index (Phi) is 5.77. The van der Waals surface area contributed by atoms with E-state index in [4.69, 9.17) is 4.74 Å². The number of azo groups is 1. The van der Waals surface area contributed by atoms with E-state index in [-0.39, 0.29) is 5.60 Å². The van der Waals surface area contributed by atoms with E-state index in [1.54, 1.807) is 0 Å². The van der Waals surface area contributed by atoms with Gasteiger partial charge in [0.15, 0.2) is 5.72 Å². The summed E-state index contributed by atoms with van der Waals surface area (Å²) in [6.07, 6.45) is 8.13. The monoisotopic (exact) mass is 254 g/mol. The summed E-state index contributed by atoms with van der Waals surface area (Å²) in [5.41, 5.74) is -0.590. The fourth-order valence-corrected chi connectivity index (χ4v) is 2.51. The average Bonchev–Trinajstić information content (AvgIpc) is 2.34. The van der Waals surface area contributed by atoms with Crippen molar-refractivity contribution in [3.05, 3.63) is 0 Å². The molecule has 0 radical (unpaired) electrons. The van der Waals surface area contributed by atoms with Gasteiger partial charge in [0.2, 0.25) is 0 Å². The van der Waals surface area contributed by atoms with Gasteiger partial charge in [0.25, 0.3) is 0 Å². The second kappa shape index (κ2) is 6.65. The van der Waals surface area contributed by atoms with Crippen LogP contribution in [0.2, 0.25) is 0 Å². The molecule has 0 aromatic carbocycles. The van der Waals surface area contributed by atoms with Gasteiger partial charge in [0.05, 0.1) is 11.6 Å². The molecule has 0 bridgehead atoms. The van der Waals surface area contributed by atoms with E-state index in [0.717, 1.165) is 12.8 Å². The first-order valence-corrected chi connectivity index (χ1v) is 7.53. The molecule has 1 aliphatic rings. The van der Waals surface area contributed by atoms with Crippen LogP contribution in [-0.2, 0) is 4.74 Å². The Labute approximate surface area is 112 Å². The Morgan fingerprint density at radius 2 is 1.56 bits per heavy atom. The van der Waals surface area contributed by atoms with Crippen molar-refractivity contribution in [3.63, 3.8) is 0 Å². The zero-order chi connectivity index (χ0) is 13.6. The van der Waals surface area contributed by atoms with Gasteiger partial charge in [-0.25, -0.2) is 0 Å². The van der Waals surface area contributed by atoms with Gasteiger partial charge in [-0.3, -0.25) is 0 Å². The Morgan fingerprint density at radius 1 is 1.00 bits per heavy atom. The molecule has 0 atom stereocenters. The largest absolute Gasteiger partial charge is 0.346 e. The van der Waals surface area contributed by atoms with Crippen molar-refractivity contribution in [2.24, 2.45) is 10.2 Å². The molecule has 0 aromatic heterocycles. The minimum Gasteiger partial charge on any atom is -0.346 e. The van der Waals surface area contributed by atoms with E-state index in [0.29, 0.717) is 6.04 Å². The Balaban J connectivity index is 2.68. The maximum Gasteiger partial charge on any atom is 0.179 e. The van der Waals surface area contributed by atoms with Crippen molar-refractivity contribution in [1.82, 2.24) is 0 Å². The van der Waals surface area contributed by atoms with Gasteiger partial charge >= 0.3 is 0 Å². The Hall–Kier alpha value is -0.440. The fourth-order valence-electron chi connectivity index (χ4n) is 2.51. The molecule has 3 nitrogen and oxygen atoms in total. The van der Waals surface area contributed by atoms with E-state index < -0.39 is 5.72 Å². The van der Waals surface area contributed by atoms with Crippen LogP contribution in [0.3, 0.4) is 0 Å². The van der Waals surface area contributed by atoms with E-state index >= 15 is 0 Å². The molecular formula is C15H30N2O. The van der Waals surface area contributed by atoms with Crippen molar-refractivity contribution in [2.45, 2.75) is 96.9 Å².